The van der Waals surface area contributed by atoms with Crippen molar-refractivity contribution in [1.29, 1.82) is 0 Å². The third-order valence-corrected chi connectivity index (χ3v) is 2.09. The number of halogens is 1. The van der Waals surface area contributed by atoms with E-state index in [1.807, 2.05) is 22.7 Å². The Labute approximate surface area is 88.5 Å². The van der Waals surface area contributed by atoms with Crippen LogP contribution in [0.3, 0.4) is 0 Å². The Morgan fingerprint density at radius 3 is 2.79 bits per heavy atom. The van der Waals surface area contributed by atoms with E-state index < -0.39 is 0 Å². The fourth-order valence-corrected chi connectivity index (χ4v) is 1.34. The lowest BCUT2D eigenvalue weighted by atomic mass is 10.3. The molecular formula is C9H13ClN4. The minimum absolute atomic E-state index is 0. The minimum atomic E-state index is 0. The molecule has 0 saturated carbocycles. The zero-order valence-corrected chi connectivity index (χ0v) is 8.79. The first-order valence-corrected chi connectivity index (χ1v) is 4.37. The van der Waals surface area contributed by atoms with Crippen LogP contribution in [0.25, 0.3) is 5.65 Å². The van der Waals surface area contributed by atoms with Gasteiger partial charge in [-0.05, 0) is 11.6 Å². The molecule has 0 aliphatic heterocycles. The molecule has 0 spiro atoms. The van der Waals surface area contributed by atoms with E-state index in [-0.39, 0.29) is 12.4 Å². The van der Waals surface area contributed by atoms with Gasteiger partial charge in [0, 0.05) is 19.2 Å². The third-order valence-electron chi connectivity index (χ3n) is 2.09. The monoisotopic (exact) mass is 212 g/mol. The SMILES string of the molecule is CCc1nnc2ccc(CN)cn12.Cl. The van der Waals surface area contributed by atoms with Gasteiger partial charge in [-0.1, -0.05) is 13.0 Å². The smallest absolute Gasteiger partial charge is 0.160 e. The Morgan fingerprint density at radius 1 is 1.36 bits per heavy atom. The molecule has 0 amide bonds. The minimum Gasteiger partial charge on any atom is -0.326 e. The molecule has 76 valence electrons. The number of hydrogen-bond donors (Lipinski definition) is 1. The van der Waals surface area contributed by atoms with Crippen LogP contribution < -0.4 is 5.73 Å². The number of aromatic nitrogens is 3. The number of rotatable bonds is 2. The molecule has 0 fully saturated rings. The molecule has 0 bridgehead atoms. The zero-order valence-electron chi connectivity index (χ0n) is 7.97. The Balaban J connectivity index is 0.000000980. The Kier molecular flexibility index (Phi) is 3.43. The van der Waals surface area contributed by atoms with Crippen LogP contribution in [-0.2, 0) is 13.0 Å². The van der Waals surface area contributed by atoms with Crippen LogP contribution in [0.4, 0.5) is 0 Å². The number of aryl methyl sites for hydroxylation is 1. The van der Waals surface area contributed by atoms with Gasteiger partial charge in [0.05, 0.1) is 0 Å². The van der Waals surface area contributed by atoms with Crippen LogP contribution >= 0.6 is 12.4 Å². The van der Waals surface area contributed by atoms with Gasteiger partial charge in [0.1, 0.15) is 5.82 Å². The number of nitrogens with zero attached hydrogens (tertiary/aromatic N) is 3. The summed E-state index contributed by atoms with van der Waals surface area (Å²) < 4.78 is 1.99. The third kappa shape index (κ3) is 1.71. The lowest BCUT2D eigenvalue weighted by Gasteiger charge is -1.99. The van der Waals surface area contributed by atoms with Gasteiger partial charge in [-0.3, -0.25) is 4.40 Å². The fourth-order valence-electron chi connectivity index (χ4n) is 1.34. The zero-order chi connectivity index (χ0) is 9.26. The maximum Gasteiger partial charge on any atom is 0.160 e. The van der Waals surface area contributed by atoms with Crippen LogP contribution in [0.5, 0.6) is 0 Å². The summed E-state index contributed by atoms with van der Waals surface area (Å²) in [6.45, 7) is 2.61. The molecule has 2 aromatic rings. The Morgan fingerprint density at radius 2 is 2.14 bits per heavy atom. The number of nitrogens with two attached hydrogens (primary N) is 1. The second-order valence-corrected chi connectivity index (χ2v) is 2.94. The summed E-state index contributed by atoms with van der Waals surface area (Å²) in [6, 6.07) is 3.91. The van der Waals surface area contributed by atoms with Crippen LogP contribution in [-0.4, -0.2) is 14.6 Å². The van der Waals surface area contributed by atoms with Crippen molar-refractivity contribution in [3.63, 3.8) is 0 Å². The largest absolute Gasteiger partial charge is 0.326 e. The molecule has 2 aromatic heterocycles. The first-order chi connectivity index (χ1) is 6.35. The summed E-state index contributed by atoms with van der Waals surface area (Å²) in [4.78, 5) is 0. The first-order valence-electron chi connectivity index (χ1n) is 4.37. The average Bonchev–Trinajstić information content (AvgIpc) is 2.59. The highest BCUT2D eigenvalue weighted by molar-refractivity contribution is 5.85. The van der Waals surface area contributed by atoms with Crippen LogP contribution in [0.2, 0.25) is 0 Å². The van der Waals surface area contributed by atoms with E-state index in [0.717, 1.165) is 23.5 Å². The van der Waals surface area contributed by atoms with E-state index in [1.54, 1.807) is 0 Å². The van der Waals surface area contributed by atoms with Crippen molar-refractivity contribution < 1.29 is 0 Å². The molecule has 0 atom stereocenters. The van der Waals surface area contributed by atoms with Gasteiger partial charge in [-0.25, -0.2) is 0 Å². The number of hydrogen-bond acceptors (Lipinski definition) is 3. The van der Waals surface area contributed by atoms with E-state index in [2.05, 4.69) is 17.1 Å². The van der Waals surface area contributed by atoms with Gasteiger partial charge in [0.25, 0.3) is 0 Å². The van der Waals surface area contributed by atoms with Gasteiger partial charge in [0.2, 0.25) is 0 Å². The van der Waals surface area contributed by atoms with Gasteiger partial charge in [-0.2, -0.15) is 0 Å². The van der Waals surface area contributed by atoms with Gasteiger partial charge in [0.15, 0.2) is 5.65 Å². The fraction of sp³-hybridized carbons (Fsp3) is 0.333. The molecule has 0 aromatic carbocycles. The molecule has 2 rings (SSSR count). The highest BCUT2D eigenvalue weighted by Crippen LogP contribution is 2.06. The second kappa shape index (κ2) is 4.39. The van der Waals surface area contributed by atoms with Gasteiger partial charge >= 0.3 is 0 Å². The van der Waals surface area contributed by atoms with Crippen molar-refractivity contribution in [2.24, 2.45) is 5.73 Å². The molecule has 2 heterocycles. The summed E-state index contributed by atoms with van der Waals surface area (Å²) in [5.74, 6) is 0.977. The average molecular weight is 213 g/mol. The van der Waals surface area contributed by atoms with Crippen molar-refractivity contribution >= 4 is 18.1 Å². The summed E-state index contributed by atoms with van der Waals surface area (Å²) >= 11 is 0. The lowest BCUT2D eigenvalue weighted by molar-refractivity contribution is 0.900. The Hall–Kier alpha value is -1.13. The van der Waals surface area contributed by atoms with Crippen LogP contribution in [0.1, 0.15) is 18.3 Å². The van der Waals surface area contributed by atoms with Crippen LogP contribution in [0, 0.1) is 0 Å². The summed E-state index contributed by atoms with van der Waals surface area (Å²) in [6.07, 6.45) is 2.88. The highest BCUT2D eigenvalue weighted by atomic mass is 35.5. The van der Waals surface area contributed by atoms with Crippen molar-refractivity contribution in [3.05, 3.63) is 29.7 Å². The maximum absolute atomic E-state index is 5.55. The number of fused-ring (bicyclic) bond motifs is 1. The molecule has 14 heavy (non-hydrogen) atoms. The molecule has 5 heteroatoms. The highest BCUT2D eigenvalue weighted by Gasteiger charge is 2.02. The second-order valence-electron chi connectivity index (χ2n) is 2.94. The first kappa shape index (κ1) is 10.9. The van der Waals surface area contributed by atoms with Gasteiger partial charge < -0.3 is 5.73 Å². The van der Waals surface area contributed by atoms with Gasteiger partial charge in [-0.15, -0.1) is 22.6 Å². The maximum atomic E-state index is 5.55. The molecule has 0 saturated heterocycles. The summed E-state index contributed by atoms with van der Waals surface area (Å²) in [5.41, 5.74) is 7.53. The summed E-state index contributed by atoms with van der Waals surface area (Å²) in [5, 5.41) is 8.10. The van der Waals surface area contributed by atoms with E-state index in [0.29, 0.717) is 6.54 Å². The van der Waals surface area contributed by atoms with E-state index in [4.69, 9.17) is 5.73 Å². The van der Waals surface area contributed by atoms with Crippen molar-refractivity contribution in [3.8, 4) is 0 Å². The van der Waals surface area contributed by atoms with Crippen molar-refractivity contribution in [2.45, 2.75) is 19.9 Å². The van der Waals surface area contributed by atoms with Crippen molar-refractivity contribution in [2.75, 3.05) is 0 Å². The molecule has 0 unspecified atom stereocenters. The van der Waals surface area contributed by atoms with Crippen molar-refractivity contribution in [1.82, 2.24) is 14.6 Å². The molecule has 4 nitrogen and oxygen atoms in total. The normalized spacial score (nSPS) is 10.1. The molecule has 0 aliphatic rings. The predicted molar refractivity (Wildman–Crippen MR) is 57.5 cm³/mol. The van der Waals surface area contributed by atoms with E-state index >= 15 is 0 Å². The molecule has 0 radical (unpaired) electrons. The number of pyridine rings is 1. The predicted octanol–water partition coefficient (Wildman–Crippen LogP) is 1.17. The lowest BCUT2D eigenvalue weighted by Crippen LogP contribution is -1.99. The standard InChI is InChI=1S/C9H12N4.ClH/c1-2-8-11-12-9-4-3-7(5-10)6-13(8)9;/h3-4,6H,2,5,10H2,1H3;1H. The Bertz CT molecular complexity index is 424. The molecular weight excluding hydrogens is 200 g/mol. The van der Waals surface area contributed by atoms with Crippen LogP contribution in [0.15, 0.2) is 18.3 Å². The van der Waals surface area contributed by atoms with E-state index in [9.17, 15) is 0 Å². The molecule has 2 N–H and O–H groups in total. The summed E-state index contributed by atoms with van der Waals surface area (Å²) in [7, 11) is 0. The molecule has 0 aliphatic carbocycles. The quantitative estimate of drug-likeness (QED) is 0.813. The topological polar surface area (TPSA) is 56.2 Å². The van der Waals surface area contributed by atoms with E-state index in [1.165, 1.54) is 0 Å².